The molecular formula is C16H17F3N2O2. The zero-order valence-corrected chi connectivity index (χ0v) is 12.5. The van der Waals surface area contributed by atoms with Crippen molar-refractivity contribution in [2.45, 2.75) is 25.7 Å². The van der Waals surface area contributed by atoms with E-state index in [4.69, 9.17) is 0 Å². The van der Waals surface area contributed by atoms with Crippen LogP contribution in [0.25, 0.3) is 0 Å². The van der Waals surface area contributed by atoms with Gasteiger partial charge in [0.25, 0.3) is 0 Å². The molecule has 0 N–H and O–H groups in total. The summed E-state index contributed by atoms with van der Waals surface area (Å²) in [5, 5.41) is 0. The summed E-state index contributed by atoms with van der Waals surface area (Å²) >= 11 is 0. The summed E-state index contributed by atoms with van der Waals surface area (Å²) < 4.78 is 40.2. The second-order valence-electron chi connectivity index (χ2n) is 5.99. The van der Waals surface area contributed by atoms with Crippen LogP contribution in [0.1, 0.15) is 25.7 Å². The molecule has 23 heavy (non-hydrogen) atoms. The molecule has 0 radical (unpaired) electrons. The van der Waals surface area contributed by atoms with Gasteiger partial charge in [-0.1, -0.05) is 0 Å². The van der Waals surface area contributed by atoms with Gasteiger partial charge in [-0.25, -0.2) is 13.2 Å². The van der Waals surface area contributed by atoms with Crippen LogP contribution in [-0.4, -0.2) is 36.3 Å². The molecule has 7 heteroatoms. The molecule has 0 aromatic heterocycles. The number of nitrogens with zero attached hydrogens (tertiary/aromatic N) is 2. The smallest absolute Gasteiger partial charge is 0.228 e. The summed E-state index contributed by atoms with van der Waals surface area (Å²) in [4.78, 5) is 27.3. The fourth-order valence-corrected chi connectivity index (χ4v) is 3.20. The first-order valence-electron chi connectivity index (χ1n) is 7.71. The molecule has 2 aliphatic heterocycles. The van der Waals surface area contributed by atoms with Crippen LogP contribution in [0.5, 0.6) is 0 Å². The van der Waals surface area contributed by atoms with Crippen LogP contribution in [0.15, 0.2) is 12.1 Å². The third-order valence-corrected chi connectivity index (χ3v) is 4.45. The number of amides is 2. The van der Waals surface area contributed by atoms with Gasteiger partial charge >= 0.3 is 0 Å². The number of halogens is 3. The van der Waals surface area contributed by atoms with Crippen LogP contribution < -0.4 is 4.90 Å². The van der Waals surface area contributed by atoms with Gasteiger partial charge in [0.2, 0.25) is 11.8 Å². The van der Waals surface area contributed by atoms with E-state index >= 15 is 0 Å². The van der Waals surface area contributed by atoms with Crippen LogP contribution in [0.2, 0.25) is 0 Å². The third-order valence-electron chi connectivity index (χ3n) is 4.45. The Morgan fingerprint density at radius 3 is 2.43 bits per heavy atom. The fraction of sp³-hybridized carbons (Fsp3) is 0.500. The van der Waals surface area contributed by atoms with E-state index in [9.17, 15) is 22.8 Å². The Morgan fingerprint density at radius 2 is 1.74 bits per heavy atom. The van der Waals surface area contributed by atoms with Gasteiger partial charge in [-0.05, 0) is 31.4 Å². The van der Waals surface area contributed by atoms with Crippen LogP contribution in [-0.2, 0) is 9.59 Å². The van der Waals surface area contributed by atoms with Crippen molar-refractivity contribution in [1.82, 2.24) is 4.90 Å². The van der Waals surface area contributed by atoms with E-state index in [2.05, 4.69) is 0 Å². The first kappa shape index (κ1) is 15.8. The molecule has 0 bridgehead atoms. The minimum absolute atomic E-state index is 0.00381. The van der Waals surface area contributed by atoms with E-state index in [0.29, 0.717) is 13.1 Å². The van der Waals surface area contributed by atoms with Crippen molar-refractivity contribution in [3.63, 3.8) is 0 Å². The quantitative estimate of drug-likeness (QED) is 0.784. The molecule has 3 rings (SSSR count). The number of piperidine rings is 1. The Morgan fingerprint density at radius 1 is 1.04 bits per heavy atom. The summed E-state index contributed by atoms with van der Waals surface area (Å²) in [6.07, 6.45) is 2.93. The maximum atomic E-state index is 13.9. The molecule has 2 amide bonds. The first-order chi connectivity index (χ1) is 11.0. The maximum Gasteiger partial charge on any atom is 0.228 e. The maximum absolute atomic E-state index is 13.9. The fourth-order valence-electron chi connectivity index (χ4n) is 3.20. The predicted octanol–water partition coefficient (Wildman–Crippen LogP) is 2.47. The molecule has 2 aliphatic rings. The molecule has 2 saturated heterocycles. The standard InChI is InChI=1S/C16H17F3N2O2/c17-11-4-5-12(15(19)14(11)18)21-9-10(8-13(21)22)16(23)20-6-2-1-3-7-20/h4-5,10H,1-3,6-9H2. The molecule has 1 atom stereocenters. The number of anilines is 1. The zero-order chi connectivity index (χ0) is 16.6. The number of carbonyl (C=O) groups excluding carboxylic acids is 2. The summed E-state index contributed by atoms with van der Waals surface area (Å²) in [7, 11) is 0. The summed E-state index contributed by atoms with van der Waals surface area (Å²) in [5.41, 5.74) is -0.317. The van der Waals surface area contributed by atoms with Crippen molar-refractivity contribution in [2.24, 2.45) is 5.92 Å². The Kier molecular flexibility index (Phi) is 4.28. The Balaban J connectivity index is 1.77. The molecule has 124 valence electrons. The largest absolute Gasteiger partial charge is 0.342 e. The molecule has 0 aliphatic carbocycles. The lowest BCUT2D eigenvalue weighted by molar-refractivity contribution is -0.136. The highest BCUT2D eigenvalue weighted by Gasteiger charge is 2.38. The number of likely N-dealkylation sites (tertiary alicyclic amines) is 1. The van der Waals surface area contributed by atoms with Crippen molar-refractivity contribution in [2.75, 3.05) is 24.5 Å². The van der Waals surface area contributed by atoms with Crippen LogP contribution >= 0.6 is 0 Å². The highest BCUT2D eigenvalue weighted by atomic mass is 19.2. The normalized spacial score (nSPS) is 21.9. The summed E-state index contributed by atoms with van der Waals surface area (Å²) in [6, 6.07) is 1.81. The molecule has 1 aromatic rings. The van der Waals surface area contributed by atoms with E-state index in [1.54, 1.807) is 4.90 Å². The minimum Gasteiger partial charge on any atom is -0.342 e. The Hall–Kier alpha value is -2.05. The third kappa shape index (κ3) is 2.92. The number of rotatable bonds is 2. The van der Waals surface area contributed by atoms with Crippen LogP contribution in [0.3, 0.4) is 0 Å². The molecular weight excluding hydrogens is 309 g/mol. The van der Waals surface area contributed by atoms with E-state index in [-0.39, 0.29) is 24.6 Å². The second-order valence-corrected chi connectivity index (χ2v) is 5.99. The van der Waals surface area contributed by atoms with Gasteiger partial charge in [0.1, 0.15) is 0 Å². The van der Waals surface area contributed by atoms with Crippen LogP contribution in [0.4, 0.5) is 18.9 Å². The Labute approximate surface area is 131 Å². The predicted molar refractivity (Wildman–Crippen MR) is 77.2 cm³/mol. The molecule has 1 aromatic carbocycles. The first-order valence-corrected chi connectivity index (χ1v) is 7.71. The number of benzene rings is 1. The number of carbonyl (C=O) groups is 2. The topological polar surface area (TPSA) is 40.6 Å². The van der Waals surface area contributed by atoms with E-state index in [1.165, 1.54) is 0 Å². The highest BCUT2D eigenvalue weighted by Crippen LogP contribution is 2.30. The molecule has 4 nitrogen and oxygen atoms in total. The van der Waals surface area contributed by atoms with Gasteiger partial charge in [-0.2, -0.15) is 0 Å². The van der Waals surface area contributed by atoms with Crippen molar-refractivity contribution >= 4 is 17.5 Å². The van der Waals surface area contributed by atoms with Gasteiger partial charge in [0, 0.05) is 26.1 Å². The molecule has 1 unspecified atom stereocenters. The molecule has 0 spiro atoms. The van der Waals surface area contributed by atoms with Crippen molar-refractivity contribution in [3.8, 4) is 0 Å². The molecule has 0 saturated carbocycles. The van der Waals surface area contributed by atoms with E-state index in [0.717, 1.165) is 36.3 Å². The van der Waals surface area contributed by atoms with E-state index in [1.807, 2.05) is 0 Å². The molecule has 2 fully saturated rings. The minimum atomic E-state index is -1.61. The average molecular weight is 326 g/mol. The van der Waals surface area contributed by atoms with Crippen molar-refractivity contribution in [3.05, 3.63) is 29.6 Å². The van der Waals surface area contributed by atoms with Crippen LogP contribution in [0, 0.1) is 23.4 Å². The Bertz CT molecular complexity index is 644. The van der Waals surface area contributed by atoms with E-state index < -0.39 is 29.3 Å². The summed E-state index contributed by atoms with van der Waals surface area (Å²) in [6.45, 7) is 1.34. The van der Waals surface area contributed by atoms with Gasteiger partial charge in [-0.3, -0.25) is 9.59 Å². The SMILES string of the molecule is O=C(C1CC(=O)N(c2ccc(F)c(F)c2F)C1)N1CCCCC1. The summed E-state index contributed by atoms with van der Waals surface area (Å²) in [5.74, 6) is -5.45. The average Bonchev–Trinajstić information content (AvgIpc) is 2.94. The number of hydrogen-bond donors (Lipinski definition) is 0. The van der Waals surface area contributed by atoms with Gasteiger partial charge in [0.15, 0.2) is 17.5 Å². The highest BCUT2D eigenvalue weighted by molar-refractivity contribution is 6.00. The van der Waals surface area contributed by atoms with Crippen molar-refractivity contribution in [1.29, 1.82) is 0 Å². The molecule has 2 heterocycles. The zero-order valence-electron chi connectivity index (χ0n) is 12.5. The van der Waals surface area contributed by atoms with Gasteiger partial charge in [-0.15, -0.1) is 0 Å². The monoisotopic (exact) mass is 326 g/mol. The van der Waals surface area contributed by atoms with Gasteiger partial charge < -0.3 is 9.80 Å². The lowest BCUT2D eigenvalue weighted by Gasteiger charge is -2.29. The second kappa shape index (κ2) is 6.22. The lowest BCUT2D eigenvalue weighted by atomic mass is 10.0. The van der Waals surface area contributed by atoms with Gasteiger partial charge in [0.05, 0.1) is 11.6 Å². The lowest BCUT2D eigenvalue weighted by Crippen LogP contribution is -2.40. The van der Waals surface area contributed by atoms with Crippen molar-refractivity contribution < 1.29 is 22.8 Å². The number of hydrogen-bond acceptors (Lipinski definition) is 2.